The third-order valence-electron chi connectivity index (χ3n) is 3.08. The Morgan fingerprint density at radius 3 is 2.53 bits per heavy atom. The van der Waals surface area contributed by atoms with Gasteiger partial charge in [0.25, 0.3) is 0 Å². The average molecular weight is 287 g/mol. The number of nitrogens with two attached hydrogens (primary N) is 1. The van der Waals surface area contributed by atoms with Gasteiger partial charge < -0.3 is 16.2 Å². The van der Waals surface area contributed by atoms with Crippen LogP contribution in [0.15, 0.2) is 30.3 Å². The van der Waals surface area contributed by atoms with Gasteiger partial charge in [0.2, 0.25) is 5.91 Å². The zero-order chi connectivity index (χ0) is 13.6. The highest BCUT2D eigenvalue weighted by Crippen LogP contribution is 2.17. The summed E-state index contributed by atoms with van der Waals surface area (Å²) in [5.74, 6) is -0.225. The molecule has 0 aromatic heterocycles. The summed E-state index contributed by atoms with van der Waals surface area (Å²) in [6, 6.07) is 9.26. The van der Waals surface area contributed by atoms with Crippen molar-refractivity contribution in [3.8, 4) is 0 Å². The summed E-state index contributed by atoms with van der Waals surface area (Å²) >= 11 is 0. The third kappa shape index (κ3) is 5.19. The highest BCUT2D eigenvalue weighted by molar-refractivity contribution is 5.86. The van der Waals surface area contributed by atoms with Crippen LogP contribution in [0.25, 0.3) is 0 Å². The zero-order valence-corrected chi connectivity index (χ0v) is 12.2. The molecule has 1 aromatic rings. The topological polar surface area (TPSA) is 75.3 Å². The summed E-state index contributed by atoms with van der Waals surface area (Å²) in [5.41, 5.74) is 5.79. The molecular weight excluding hydrogens is 264 g/mol. The van der Waals surface area contributed by atoms with Crippen molar-refractivity contribution in [1.82, 2.24) is 5.32 Å². The number of benzene rings is 1. The number of carbonyl (C=O) groups is 1. The molecule has 1 aromatic carbocycles. The molecule has 0 aliphatic heterocycles. The van der Waals surface area contributed by atoms with Crippen LogP contribution in [0, 0.1) is 0 Å². The van der Waals surface area contributed by atoms with E-state index in [2.05, 4.69) is 5.32 Å². The fourth-order valence-corrected chi connectivity index (χ4v) is 1.66. The van der Waals surface area contributed by atoms with Gasteiger partial charge >= 0.3 is 0 Å². The number of carbonyl (C=O) groups excluding carboxylic acids is 1. The Balaban J connectivity index is 0.00000324. The number of aliphatic hydroxyl groups excluding tert-OH is 1. The Bertz CT molecular complexity index is 382. The van der Waals surface area contributed by atoms with Crippen molar-refractivity contribution in [3.05, 3.63) is 35.9 Å². The van der Waals surface area contributed by atoms with Crippen molar-refractivity contribution in [2.75, 3.05) is 6.54 Å². The first-order valence-corrected chi connectivity index (χ1v) is 6.29. The number of amides is 1. The van der Waals surface area contributed by atoms with E-state index in [0.29, 0.717) is 19.4 Å². The van der Waals surface area contributed by atoms with Gasteiger partial charge in [0.1, 0.15) is 5.54 Å². The normalized spacial score (nSPS) is 14.9. The minimum absolute atomic E-state index is 0. The van der Waals surface area contributed by atoms with Crippen molar-refractivity contribution in [2.24, 2.45) is 5.73 Å². The van der Waals surface area contributed by atoms with E-state index < -0.39 is 5.54 Å². The lowest BCUT2D eigenvalue weighted by Gasteiger charge is -2.24. The first-order valence-electron chi connectivity index (χ1n) is 6.29. The molecule has 0 spiro atoms. The van der Waals surface area contributed by atoms with Gasteiger partial charge in [0.05, 0.1) is 6.10 Å². The zero-order valence-electron chi connectivity index (χ0n) is 11.4. The quantitative estimate of drug-likeness (QED) is 0.743. The molecule has 2 unspecified atom stereocenters. The van der Waals surface area contributed by atoms with E-state index in [0.717, 1.165) is 5.56 Å². The van der Waals surface area contributed by atoms with Crippen LogP contribution in [-0.4, -0.2) is 23.7 Å². The molecule has 4 N–H and O–H groups in total. The summed E-state index contributed by atoms with van der Waals surface area (Å²) in [7, 11) is 0. The Hall–Kier alpha value is -1.10. The lowest BCUT2D eigenvalue weighted by molar-refractivity contribution is -0.126. The van der Waals surface area contributed by atoms with E-state index in [4.69, 9.17) is 5.73 Å². The first-order chi connectivity index (χ1) is 8.48. The highest BCUT2D eigenvalue weighted by atomic mass is 35.5. The van der Waals surface area contributed by atoms with Crippen LogP contribution in [0.2, 0.25) is 0 Å². The second-order valence-corrected chi connectivity index (χ2v) is 4.68. The van der Waals surface area contributed by atoms with E-state index in [-0.39, 0.29) is 24.4 Å². The fraction of sp³-hybridized carbons (Fsp3) is 0.500. The lowest BCUT2D eigenvalue weighted by Crippen LogP contribution is -2.49. The van der Waals surface area contributed by atoms with Crippen molar-refractivity contribution >= 4 is 18.3 Å². The summed E-state index contributed by atoms with van der Waals surface area (Å²) in [6.45, 7) is 4.03. The van der Waals surface area contributed by atoms with E-state index in [1.54, 1.807) is 6.92 Å². The predicted molar refractivity (Wildman–Crippen MR) is 79.2 cm³/mol. The van der Waals surface area contributed by atoms with Crippen LogP contribution < -0.4 is 11.1 Å². The average Bonchev–Trinajstić information content (AvgIpc) is 2.39. The molecule has 5 heteroatoms. The molecule has 0 bridgehead atoms. The van der Waals surface area contributed by atoms with Crippen LogP contribution in [0.4, 0.5) is 0 Å². The number of hydrogen-bond acceptors (Lipinski definition) is 3. The van der Waals surface area contributed by atoms with Gasteiger partial charge in [-0.2, -0.15) is 0 Å². The number of halogens is 1. The summed E-state index contributed by atoms with van der Waals surface area (Å²) in [5, 5.41) is 12.2. The molecule has 0 saturated heterocycles. The van der Waals surface area contributed by atoms with Gasteiger partial charge in [0.15, 0.2) is 0 Å². The molecular formula is C14H23ClN2O2. The predicted octanol–water partition coefficient (Wildman–Crippen LogP) is 1.56. The first kappa shape index (κ1) is 17.9. The Morgan fingerprint density at radius 1 is 1.42 bits per heavy atom. The molecule has 0 heterocycles. The summed E-state index contributed by atoms with van der Waals surface area (Å²) in [6.07, 6.45) is 0.868. The molecule has 4 nitrogen and oxygen atoms in total. The molecule has 19 heavy (non-hydrogen) atoms. The minimum Gasteiger partial charge on any atom is -0.393 e. The molecule has 1 rings (SSSR count). The fourth-order valence-electron chi connectivity index (χ4n) is 1.66. The van der Waals surface area contributed by atoms with Gasteiger partial charge in [-0.1, -0.05) is 37.3 Å². The van der Waals surface area contributed by atoms with E-state index in [1.807, 2.05) is 37.3 Å². The van der Waals surface area contributed by atoms with E-state index >= 15 is 0 Å². The minimum atomic E-state index is -1.04. The van der Waals surface area contributed by atoms with E-state index in [1.165, 1.54) is 0 Å². The molecule has 0 radical (unpaired) electrons. The van der Waals surface area contributed by atoms with Crippen LogP contribution in [0.3, 0.4) is 0 Å². The van der Waals surface area contributed by atoms with Gasteiger partial charge in [-0.25, -0.2) is 0 Å². The van der Waals surface area contributed by atoms with Crippen molar-refractivity contribution < 1.29 is 9.90 Å². The van der Waals surface area contributed by atoms with Gasteiger partial charge in [-0.05, 0) is 25.3 Å². The largest absolute Gasteiger partial charge is 0.393 e. The highest BCUT2D eigenvalue weighted by Gasteiger charge is 2.29. The van der Waals surface area contributed by atoms with Gasteiger partial charge in [-0.15, -0.1) is 12.4 Å². The Labute approximate surface area is 120 Å². The Kier molecular flexibility index (Phi) is 7.68. The third-order valence-corrected chi connectivity index (χ3v) is 3.08. The summed E-state index contributed by atoms with van der Waals surface area (Å²) in [4.78, 5) is 12.0. The lowest BCUT2D eigenvalue weighted by atomic mass is 9.92. The second kappa shape index (κ2) is 8.15. The monoisotopic (exact) mass is 286 g/mol. The number of aliphatic hydroxyl groups is 1. The molecule has 0 aliphatic rings. The molecule has 1 amide bonds. The van der Waals surface area contributed by atoms with Crippen LogP contribution >= 0.6 is 12.4 Å². The maximum Gasteiger partial charge on any atom is 0.244 e. The van der Waals surface area contributed by atoms with Gasteiger partial charge in [0, 0.05) is 6.54 Å². The SMILES string of the molecule is CCC(O)CCNC(=O)C(C)(N)c1ccccc1.Cl. The maximum atomic E-state index is 12.0. The molecule has 0 saturated carbocycles. The number of hydrogen-bond donors (Lipinski definition) is 3. The van der Waals surface area contributed by atoms with E-state index in [9.17, 15) is 9.90 Å². The van der Waals surface area contributed by atoms with Crippen molar-refractivity contribution in [1.29, 1.82) is 0 Å². The van der Waals surface area contributed by atoms with Gasteiger partial charge in [-0.3, -0.25) is 4.79 Å². The second-order valence-electron chi connectivity index (χ2n) is 4.68. The molecule has 108 valence electrons. The Morgan fingerprint density at radius 2 is 2.00 bits per heavy atom. The smallest absolute Gasteiger partial charge is 0.244 e. The number of nitrogens with one attached hydrogen (secondary N) is 1. The number of rotatable bonds is 6. The molecule has 0 aliphatic carbocycles. The van der Waals surface area contributed by atoms with Crippen LogP contribution in [-0.2, 0) is 10.3 Å². The van der Waals surface area contributed by atoms with Crippen LogP contribution in [0.5, 0.6) is 0 Å². The summed E-state index contributed by atoms with van der Waals surface area (Å²) < 4.78 is 0. The molecule has 0 fully saturated rings. The van der Waals surface area contributed by atoms with Crippen LogP contribution in [0.1, 0.15) is 32.3 Å². The molecule has 2 atom stereocenters. The maximum absolute atomic E-state index is 12.0. The van der Waals surface area contributed by atoms with Crippen molar-refractivity contribution in [2.45, 2.75) is 38.3 Å². The van der Waals surface area contributed by atoms with Crippen molar-refractivity contribution in [3.63, 3.8) is 0 Å². The standard InChI is InChI=1S/C14H22N2O2.ClH/c1-3-12(17)9-10-16-13(18)14(2,15)11-7-5-4-6-8-11;/h4-8,12,17H,3,9-10,15H2,1-2H3,(H,16,18);1H.